The monoisotopic (exact) mass is 411 g/mol. The van der Waals surface area contributed by atoms with Gasteiger partial charge in [-0.3, -0.25) is 4.79 Å². The zero-order valence-electron chi connectivity index (χ0n) is 17.2. The van der Waals surface area contributed by atoms with Crippen LogP contribution >= 0.6 is 0 Å². The van der Waals surface area contributed by atoms with Crippen molar-refractivity contribution < 1.29 is 18.0 Å². The van der Waals surface area contributed by atoms with E-state index in [1.165, 1.54) is 0 Å². The van der Waals surface area contributed by atoms with Crippen LogP contribution in [0.15, 0.2) is 24.3 Å². The summed E-state index contributed by atoms with van der Waals surface area (Å²) in [6, 6.07) is 6.03. The van der Waals surface area contributed by atoms with Gasteiger partial charge >= 0.3 is 12.1 Å². The molecule has 2 N–H and O–H groups in total. The number of hydrogen-bond acceptors (Lipinski definition) is 3. The van der Waals surface area contributed by atoms with Gasteiger partial charge in [-0.2, -0.15) is 13.2 Å². The highest BCUT2D eigenvalue weighted by atomic mass is 19.4. The van der Waals surface area contributed by atoms with Crippen molar-refractivity contribution >= 4 is 5.91 Å². The number of H-pyrrole nitrogens is 2. The summed E-state index contributed by atoms with van der Waals surface area (Å²) < 4.78 is 40.2. The summed E-state index contributed by atoms with van der Waals surface area (Å²) in [5.41, 5.74) is 3.09. The molecule has 0 unspecified atom stereocenters. The molecular formula is C20H28F3N5O. The summed E-state index contributed by atoms with van der Waals surface area (Å²) in [5, 5.41) is 0. The van der Waals surface area contributed by atoms with Crippen molar-refractivity contribution in [3.8, 4) is 0 Å². The van der Waals surface area contributed by atoms with E-state index in [0.29, 0.717) is 37.3 Å². The Morgan fingerprint density at radius 1 is 0.931 bits per heavy atom. The third-order valence-electron chi connectivity index (χ3n) is 5.09. The van der Waals surface area contributed by atoms with E-state index in [2.05, 4.69) is 9.97 Å². The number of rotatable bonds is 6. The third kappa shape index (κ3) is 4.84. The summed E-state index contributed by atoms with van der Waals surface area (Å²) in [7, 11) is 7.68. The summed E-state index contributed by atoms with van der Waals surface area (Å²) in [5.74, 6) is -1.79. The van der Waals surface area contributed by atoms with Crippen molar-refractivity contribution in [2.75, 3.05) is 28.2 Å². The second-order valence-electron chi connectivity index (χ2n) is 8.17. The van der Waals surface area contributed by atoms with Crippen LogP contribution in [0.5, 0.6) is 0 Å². The van der Waals surface area contributed by atoms with Gasteiger partial charge in [-0.25, -0.2) is 0 Å². The number of likely N-dealkylation sites (tertiary alicyclic amines) is 1. The van der Waals surface area contributed by atoms with Crippen LogP contribution in [0, 0.1) is 0 Å². The van der Waals surface area contributed by atoms with E-state index in [4.69, 9.17) is 0 Å². The Hall–Kier alpha value is -2.26. The van der Waals surface area contributed by atoms with Crippen molar-refractivity contribution in [1.29, 1.82) is 0 Å². The SMILES string of the molecule is CN(C)Cc1ccc([C@H]2CC[C@H](c3ccc(CN(C)C)[nH]3)N2C(=O)C(F)(F)F)[nH]1. The zero-order chi connectivity index (χ0) is 21.3. The Morgan fingerprint density at radius 3 is 1.69 bits per heavy atom. The van der Waals surface area contributed by atoms with E-state index in [0.717, 1.165) is 16.3 Å². The fraction of sp³-hybridized carbons (Fsp3) is 0.550. The molecule has 3 rings (SSSR count). The van der Waals surface area contributed by atoms with Crippen LogP contribution in [0.2, 0.25) is 0 Å². The molecule has 3 heterocycles. The molecule has 0 aliphatic carbocycles. The quantitative estimate of drug-likeness (QED) is 0.766. The predicted octanol–water partition coefficient (Wildman–Crippen LogP) is 3.43. The highest BCUT2D eigenvalue weighted by molar-refractivity contribution is 5.83. The molecule has 0 radical (unpaired) electrons. The molecule has 0 spiro atoms. The van der Waals surface area contributed by atoms with Gasteiger partial charge in [0.1, 0.15) is 0 Å². The van der Waals surface area contributed by atoms with Gasteiger partial charge in [0.2, 0.25) is 0 Å². The first-order chi connectivity index (χ1) is 13.6. The highest BCUT2D eigenvalue weighted by Crippen LogP contribution is 2.45. The van der Waals surface area contributed by atoms with Crippen LogP contribution in [-0.4, -0.2) is 64.9 Å². The number of carbonyl (C=O) groups is 1. The first-order valence-electron chi connectivity index (χ1n) is 9.60. The molecule has 1 amide bonds. The van der Waals surface area contributed by atoms with Crippen LogP contribution < -0.4 is 0 Å². The number of aromatic nitrogens is 2. The maximum atomic E-state index is 13.4. The van der Waals surface area contributed by atoms with Crippen LogP contribution in [0.1, 0.15) is 47.7 Å². The van der Waals surface area contributed by atoms with Crippen LogP contribution in [-0.2, 0) is 17.9 Å². The molecule has 6 nitrogen and oxygen atoms in total. The van der Waals surface area contributed by atoms with Gasteiger partial charge < -0.3 is 24.7 Å². The lowest BCUT2D eigenvalue weighted by Gasteiger charge is -2.30. The van der Waals surface area contributed by atoms with Gasteiger partial charge in [-0.15, -0.1) is 0 Å². The lowest BCUT2D eigenvalue weighted by Crippen LogP contribution is -2.42. The molecule has 1 saturated heterocycles. The van der Waals surface area contributed by atoms with E-state index in [1.807, 2.05) is 50.1 Å². The molecule has 9 heteroatoms. The van der Waals surface area contributed by atoms with Gasteiger partial charge in [-0.05, 0) is 65.3 Å². The molecule has 1 fully saturated rings. The average Bonchev–Trinajstić information content (AvgIpc) is 3.30. The molecule has 2 atom stereocenters. The number of amides is 1. The Kier molecular flexibility index (Phi) is 6.09. The summed E-state index contributed by atoms with van der Waals surface area (Å²) in [4.78, 5) is 23.7. The number of alkyl halides is 3. The molecule has 2 aromatic heterocycles. The highest BCUT2D eigenvalue weighted by Gasteiger charge is 2.50. The molecule has 2 aromatic rings. The van der Waals surface area contributed by atoms with Crippen molar-refractivity contribution in [1.82, 2.24) is 24.7 Å². The number of carbonyl (C=O) groups excluding carboxylic acids is 1. The summed E-state index contributed by atoms with van der Waals surface area (Å²) in [6.07, 6.45) is -3.98. The van der Waals surface area contributed by atoms with Crippen molar-refractivity contribution in [3.05, 3.63) is 47.0 Å². The van der Waals surface area contributed by atoms with Crippen molar-refractivity contribution in [3.63, 3.8) is 0 Å². The van der Waals surface area contributed by atoms with Gasteiger partial charge in [-0.1, -0.05) is 0 Å². The minimum atomic E-state index is -4.92. The third-order valence-corrected chi connectivity index (χ3v) is 5.09. The topological polar surface area (TPSA) is 58.4 Å². The molecule has 0 bridgehead atoms. The number of aromatic amines is 2. The maximum Gasteiger partial charge on any atom is 0.471 e. The molecular weight excluding hydrogens is 383 g/mol. The Balaban J connectivity index is 1.90. The Bertz CT molecular complexity index is 783. The zero-order valence-corrected chi connectivity index (χ0v) is 17.2. The second-order valence-corrected chi connectivity index (χ2v) is 8.17. The van der Waals surface area contributed by atoms with Crippen LogP contribution in [0.3, 0.4) is 0 Å². The summed E-state index contributed by atoms with van der Waals surface area (Å²) >= 11 is 0. The van der Waals surface area contributed by atoms with E-state index >= 15 is 0 Å². The van der Waals surface area contributed by atoms with E-state index in [9.17, 15) is 18.0 Å². The van der Waals surface area contributed by atoms with Crippen molar-refractivity contribution in [2.45, 2.75) is 44.2 Å². The number of nitrogens with one attached hydrogen (secondary N) is 2. The lowest BCUT2D eigenvalue weighted by atomic mass is 10.1. The average molecular weight is 411 g/mol. The lowest BCUT2D eigenvalue weighted by molar-refractivity contribution is -0.189. The van der Waals surface area contributed by atoms with Crippen molar-refractivity contribution in [2.24, 2.45) is 0 Å². The van der Waals surface area contributed by atoms with E-state index in [-0.39, 0.29) is 0 Å². The Labute approximate surface area is 168 Å². The first kappa shape index (κ1) is 21.4. The standard InChI is InChI=1S/C20H28F3N5O/c1-26(2)11-13-5-7-15(24-13)17-9-10-18(28(17)19(29)20(21,22)23)16-8-6-14(25-16)12-27(3)4/h5-8,17-18,24-25H,9-12H2,1-4H3/t17-,18-/m1/s1. The molecule has 160 valence electrons. The van der Waals surface area contributed by atoms with Gasteiger partial charge in [0.15, 0.2) is 0 Å². The number of nitrogens with zero attached hydrogens (tertiary/aromatic N) is 3. The van der Waals surface area contributed by atoms with E-state index in [1.54, 1.807) is 12.1 Å². The molecule has 1 aliphatic rings. The van der Waals surface area contributed by atoms with Gasteiger partial charge in [0.05, 0.1) is 12.1 Å². The normalized spacial score (nSPS) is 20.2. The second kappa shape index (κ2) is 8.23. The van der Waals surface area contributed by atoms with Crippen LogP contribution in [0.4, 0.5) is 13.2 Å². The summed E-state index contributed by atoms with van der Waals surface area (Å²) in [6.45, 7) is 1.29. The molecule has 29 heavy (non-hydrogen) atoms. The largest absolute Gasteiger partial charge is 0.471 e. The molecule has 0 aromatic carbocycles. The van der Waals surface area contributed by atoms with Gasteiger partial charge in [0.25, 0.3) is 0 Å². The number of hydrogen-bond donors (Lipinski definition) is 2. The predicted molar refractivity (Wildman–Crippen MR) is 104 cm³/mol. The van der Waals surface area contributed by atoms with Crippen LogP contribution in [0.25, 0.3) is 0 Å². The minimum Gasteiger partial charge on any atom is -0.359 e. The molecule has 0 saturated carbocycles. The van der Waals surface area contributed by atoms with E-state index < -0.39 is 24.2 Å². The molecule has 1 aliphatic heterocycles. The van der Waals surface area contributed by atoms with Gasteiger partial charge in [0, 0.05) is 35.9 Å². The fourth-order valence-electron chi connectivity index (χ4n) is 4.02. The number of halogens is 3. The smallest absolute Gasteiger partial charge is 0.359 e. The Morgan fingerprint density at radius 2 is 1.34 bits per heavy atom. The minimum absolute atomic E-state index is 0.469. The fourth-order valence-corrected chi connectivity index (χ4v) is 4.02. The maximum absolute atomic E-state index is 13.4. The first-order valence-corrected chi connectivity index (χ1v) is 9.60.